The second kappa shape index (κ2) is 3.77. The van der Waals surface area contributed by atoms with Crippen LogP contribution in [0.25, 0.3) is 0 Å². The fourth-order valence-corrected chi connectivity index (χ4v) is 1.59. The normalized spacial score (nSPS) is 11.0. The van der Waals surface area contributed by atoms with E-state index in [-0.39, 0.29) is 4.90 Å². The van der Waals surface area contributed by atoms with Crippen molar-refractivity contribution in [2.75, 3.05) is 5.32 Å². The summed E-state index contributed by atoms with van der Waals surface area (Å²) in [5.41, 5.74) is 1.07. The molecule has 1 aromatic carbocycles. The first-order valence-corrected chi connectivity index (χ1v) is 5.17. The highest BCUT2D eigenvalue weighted by molar-refractivity contribution is 7.85. The molecule has 0 heterocycles. The van der Waals surface area contributed by atoms with Gasteiger partial charge in [-0.3, -0.25) is 9.35 Å². The lowest BCUT2D eigenvalue weighted by atomic mass is 10.2. The van der Waals surface area contributed by atoms with Crippen LogP contribution in [0.15, 0.2) is 23.1 Å². The minimum Gasteiger partial charge on any atom is -0.328 e. The standard InChI is InChI=1S/C8H9NO4S/c1-6-4-7(14(11,12)13)2-3-8(6)9-5-10/h2-5H,1H3,(H,9,10)(H,11,12,13). The van der Waals surface area contributed by atoms with Crippen molar-refractivity contribution in [1.82, 2.24) is 0 Å². The van der Waals surface area contributed by atoms with Gasteiger partial charge in [0.15, 0.2) is 0 Å². The van der Waals surface area contributed by atoms with Crippen LogP contribution in [0.2, 0.25) is 0 Å². The van der Waals surface area contributed by atoms with E-state index in [4.69, 9.17) is 4.55 Å². The first kappa shape index (κ1) is 10.7. The summed E-state index contributed by atoms with van der Waals surface area (Å²) in [5, 5.41) is 2.40. The van der Waals surface area contributed by atoms with E-state index in [1.165, 1.54) is 18.2 Å². The molecule has 2 N–H and O–H groups in total. The van der Waals surface area contributed by atoms with Gasteiger partial charge >= 0.3 is 0 Å². The van der Waals surface area contributed by atoms with Crippen molar-refractivity contribution in [3.05, 3.63) is 23.8 Å². The molecule has 0 saturated carbocycles. The molecule has 1 aromatic rings. The van der Waals surface area contributed by atoms with E-state index in [1.54, 1.807) is 6.92 Å². The number of carbonyl (C=O) groups excluding carboxylic acids is 1. The molecule has 0 radical (unpaired) electrons. The van der Waals surface area contributed by atoms with E-state index in [0.29, 0.717) is 17.7 Å². The van der Waals surface area contributed by atoms with Gasteiger partial charge in [-0.1, -0.05) is 0 Å². The lowest BCUT2D eigenvalue weighted by Crippen LogP contribution is -2.01. The summed E-state index contributed by atoms with van der Waals surface area (Å²) in [5.74, 6) is 0. The second-order valence-corrected chi connectivity index (χ2v) is 4.14. The molecule has 0 fully saturated rings. The predicted octanol–water partition coefficient (Wildman–Crippen LogP) is 0.810. The molecular formula is C8H9NO4S. The molecule has 6 heteroatoms. The molecule has 0 saturated heterocycles. The number of amides is 1. The molecule has 0 aliphatic heterocycles. The van der Waals surface area contributed by atoms with Crippen molar-refractivity contribution < 1.29 is 17.8 Å². The molecular weight excluding hydrogens is 206 g/mol. The molecule has 1 amide bonds. The van der Waals surface area contributed by atoms with E-state index in [0.717, 1.165) is 0 Å². The fraction of sp³-hybridized carbons (Fsp3) is 0.125. The second-order valence-electron chi connectivity index (χ2n) is 2.71. The van der Waals surface area contributed by atoms with Gasteiger partial charge in [-0.15, -0.1) is 0 Å². The summed E-state index contributed by atoms with van der Waals surface area (Å²) in [6.45, 7) is 1.63. The Bertz CT molecular complexity index is 452. The Kier molecular flexibility index (Phi) is 2.87. The van der Waals surface area contributed by atoms with Gasteiger partial charge in [0.1, 0.15) is 0 Å². The van der Waals surface area contributed by atoms with Crippen LogP contribution in [0.5, 0.6) is 0 Å². The molecule has 0 aliphatic rings. The Morgan fingerprint density at radius 2 is 2.07 bits per heavy atom. The third-order valence-corrected chi connectivity index (χ3v) is 2.56. The first-order chi connectivity index (χ1) is 6.45. The van der Waals surface area contributed by atoms with Crippen LogP contribution in [0, 0.1) is 6.92 Å². The summed E-state index contributed by atoms with van der Waals surface area (Å²) in [6.07, 6.45) is 0.495. The third-order valence-electron chi connectivity index (χ3n) is 1.71. The lowest BCUT2D eigenvalue weighted by molar-refractivity contribution is -0.105. The minimum absolute atomic E-state index is 0.188. The Labute approximate surface area is 81.5 Å². The van der Waals surface area contributed by atoms with Gasteiger partial charge in [0.05, 0.1) is 4.90 Å². The summed E-state index contributed by atoms with van der Waals surface area (Å²) in [7, 11) is -4.17. The molecule has 0 aliphatic carbocycles. The average molecular weight is 215 g/mol. The van der Waals surface area contributed by atoms with Gasteiger partial charge in [0.25, 0.3) is 10.1 Å². The van der Waals surface area contributed by atoms with E-state index in [1.807, 2.05) is 0 Å². The van der Waals surface area contributed by atoms with Crippen molar-refractivity contribution >= 4 is 22.2 Å². The van der Waals surface area contributed by atoms with Gasteiger partial charge in [-0.05, 0) is 30.7 Å². The number of rotatable bonds is 3. The average Bonchev–Trinajstić information content (AvgIpc) is 2.07. The Morgan fingerprint density at radius 3 is 2.50 bits per heavy atom. The van der Waals surface area contributed by atoms with Gasteiger partial charge in [0.2, 0.25) is 6.41 Å². The zero-order chi connectivity index (χ0) is 10.8. The minimum atomic E-state index is -4.17. The summed E-state index contributed by atoms with van der Waals surface area (Å²) >= 11 is 0. The van der Waals surface area contributed by atoms with Crippen LogP contribution in [-0.4, -0.2) is 19.4 Å². The van der Waals surface area contributed by atoms with Crippen molar-refractivity contribution in [2.24, 2.45) is 0 Å². The van der Waals surface area contributed by atoms with Crippen LogP contribution in [0.4, 0.5) is 5.69 Å². The quantitative estimate of drug-likeness (QED) is 0.577. The highest BCUT2D eigenvalue weighted by atomic mass is 32.2. The molecule has 1 rings (SSSR count). The highest BCUT2D eigenvalue weighted by Gasteiger charge is 2.10. The van der Waals surface area contributed by atoms with Crippen molar-refractivity contribution in [3.8, 4) is 0 Å². The van der Waals surface area contributed by atoms with Gasteiger partial charge in [0, 0.05) is 5.69 Å². The van der Waals surface area contributed by atoms with Crippen LogP contribution in [-0.2, 0) is 14.9 Å². The molecule has 0 aromatic heterocycles. The van der Waals surface area contributed by atoms with Crippen molar-refractivity contribution in [2.45, 2.75) is 11.8 Å². The molecule has 5 nitrogen and oxygen atoms in total. The van der Waals surface area contributed by atoms with E-state index in [9.17, 15) is 13.2 Å². The Balaban J connectivity index is 3.19. The van der Waals surface area contributed by atoms with Crippen LogP contribution < -0.4 is 5.32 Å². The zero-order valence-electron chi connectivity index (χ0n) is 7.39. The number of hydrogen-bond acceptors (Lipinski definition) is 3. The van der Waals surface area contributed by atoms with Crippen LogP contribution >= 0.6 is 0 Å². The first-order valence-electron chi connectivity index (χ1n) is 3.73. The zero-order valence-corrected chi connectivity index (χ0v) is 8.21. The van der Waals surface area contributed by atoms with Crippen molar-refractivity contribution in [1.29, 1.82) is 0 Å². The number of carbonyl (C=O) groups is 1. The highest BCUT2D eigenvalue weighted by Crippen LogP contribution is 2.18. The molecule has 0 unspecified atom stereocenters. The number of anilines is 1. The number of benzene rings is 1. The molecule has 0 spiro atoms. The third kappa shape index (κ3) is 2.30. The van der Waals surface area contributed by atoms with Gasteiger partial charge < -0.3 is 5.32 Å². The maximum Gasteiger partial charge on any atom is 0.294 e. The molecule has 0 bridgehead atoms. The Hall–Kier alpha value is -1.40. The fourth-order valence-electron chi connectivity index (χ4n) is 1.02. The van der Waals surface area contributed by atoms with E-state index >= 15 is 0 Å². The monoisotopic (exact) mass is 215 g/mol. The van der Waals surface area contributed by atoms with Gasteiger partial charge in [-0.25, -0.2) is 0 Å². The summed E-state index contributed by atoms with van der Waals surface area (Å²) in [4.78, 5) is 9.94. The topological polar surface area (TPSA) is 83.5 Å². The van der Waals surface area contributed by atoms with Crippen LogP contribution in [0.3, 0.4) is 0 Å². The smallest absolute Gasteiger partial charge is 0.294 e. The molecule has 14 heavy (non-hydrogen) atoms. The predicted molar refractivity (Wildman–Crippen MR) is 50.7 cm³/mol. The van der Waals surface area contributed by atoms with Crippen LogP contribution in [0.1, 0.15) is 5.56 Å². The summed E-state index contributed by atoms with van der Waals surface area (Å²) < 4.78 is 30.2. The number of hydrogen-bond donors (Lipinski definition) is 2. The maximum atomic E-state index is 10.7. The number of aryl methyl sites for hydroxylation is 1. The van der Waals surface area contributed by atoms with Gasteiger partial charge in [-0.2, -0.15) is 8.42 Å². The largest absolute Gasteiger partial charge is 0.328 e. The Morgan fingerprint density at radius 1 is 1.43 bits per heavy atom. The van der Waals surface area contributed by atoms with Crippen molar-refractivity contribution in [3.63, 3.8) is 0 Å². The molecule has 76 valence electrons. The van der Waals surface area contributed by atoms with E-state index < -0.39 is 10.1 Å². The van der Waals surface area contributed by atoms with E-state index in [2.05, 4.69) is 5.32 Å². The lowest BCUT2D eigenvalue weighted by Gasteiger charge is -2.04. The number of nitrogens with one attached hydrogen (secondary N) is 1. The molecule has 0 atom stereocenters. The summed E-state index contributed by atoms with van der Waals surface area (Å²) in [6, 6.07) is 3.90. The maximum absolute atomic E-state index is 10.7. The SMILES string of the molecule is Cc1cc(S(=O)(=O)O)ccc1NC=O.